The van der Waals surface area contributed by atoms with Gasteiger partial charge in [0.1, 0.15) is 5.56 Å². The fraction of sp³-hybridized carbons (Fsp3) is 0.412. The van der Waals surface area contributed by atoms with Gasteiger partial charge in [-0.2, -0.15) is 0 Å². The fourth-order valence-electron chi connectivity index (χ4n) is 2.62. The van der Waals surface area contributed by atoms with Crippen molar-refractivity contribution in [3.8, 4) is 0 Å². The third-order valence-corrected chi connectivity index (χ3v) is 5.14. The Morgan fingerprint density at radius 1 is 1.31 bits per heavy atom. The second-order valence-electron chi connectivity index (χ2n) is 5.89. The van der Waals surface area contributed by atoms with Crippen LogP contribution in [0.4, 0.5) is 5.69 Å². The van der Waals surface area contributed by atoms with E-state index >= 15 is 0 Å². The Morgan fingerprint density at radius 2 is 2.00 bits per heavy atom. The summed E-state index contributed by atoms with van der Waals surface area (Å²) in [5, 5.41) is 5.70. The van der Waals surface area contributed by atoms with Crippen LogP contribution in [0.1, 0.15) is 28.4 Å². The molecule has 2 aromatic rings. The molecule has 1 aromatic heterocycles. The molecule has 9 heteroatoms. The number of carbonyl (C=O) groups is 1. The van der Waals surface area contributed by atoms with Crippen LogP contribution in [0.25, 0.3) is 0 Å². The standard InChI is InChI=1S/C17H23N3O5S/c1-5-25-9-8-18-15-11(2)12(6-7-14(15)26(4,23)24)16(21)13-10-19-20(3)17(13)22/h6-7,10,18-19H,5,8-9H2,1-4H3. The number of benzene rings is 1. The first-order valence-electron chi connectivity index (χ1n) is 8.12. The maximum Gasteiger partial charge on any atom is 0.277 e. The van der Waals surface area contributed by atoms with Gasteiger partial charge in [-0.1, -0.05) is 0 Å². The number of rotatable bonds is 8. The largest absolute Gasteiger partial charge is 0.381 e. The normalized spacial score (nSPS) is 11.5. The molecule has 0 amide bonds. The lowest BCUT2D eigenvalue weighted by Crippen LogP contribution is -2.20. The molecule has 0 spiro atoms. The number of carbonyl (C=O) groups excluding carboxylic acids is 1. The first-order chi connectivity index (χ1) is 12.2. The minimum absolute atomic E-state index is 0.00275. The van der Waals surface area contributed by atoms with E-state index in [0.29, 0.717) is 31.0 Å². The summed E-state index contributed by atoms with van der Waals surface area (Å²) in [6.07, 6.45) is 2.45. The molecule has 0 aliphatic carbocycles. The number of nitrogens with zero attached hydrogens (tertiary/aromatic N) is 1. The summed E-state index contributed by atoms with van der Waals surface area (Å²) in [6.45, 7) is 4.86. The van der Waals surface area contributed by atoms with E-state index < -0.39 is 21.2 Å². The van der Waals surface area contributed by atoms with Crippen LogP contribution in [-0.2, 0) is 21.6 Å². The molecular formula is C17H23N3O5S. The Labute approximate surface area is 152 Å². The highest BCUT2D eigenvalue weighted by atomic mass is 32.2. The molecule has 0 bridgehead atoms. The smallest absolute Gasteiger partial charge is 0.277 e. The third kappa shape index (κ3) is 4.05. The second kappa shape index (κ2) is 7.88. The average Bonchev–Trinajstić information content (AvgIpc) is 2.90. The van der Waals surface area contributed by atoms with Gasteiger partial charge in [0.15, 0.2) is 9.84 Å². The number of hydrogen-bond donors (Lipinski definition) is 2. The second-order valence-corrected chi connectivity index (χ2v) is 7.87. The Morgan fingerprint density at radius 3 is 2.54 bits per heavy atom. The maximum absolute atomic E-state index is 12.8. The van der Waals surface area contributed by atoms with E-state index in [1.165, 1.54) is 30.1 Å². The van der Waals surface area contributed by atoms with Crippen LogP contribution in [0.3, 0.4) is 0 Å². The molecule has 26 heavy (non-hydrogen) atoms. The van der Waals surface area contributed by atoms with Gasteiger partial charge in [-0.05, 0) is 31.5 Å². The van der Waals surface area contributed by atoms with Gasteiger partial charge in [-0.3, -0.25) is 14.3 Å². The Bertz CT molecular complexity index is 973. The zero-order valence-corrected chi connectivity index (χ0v) is 16.1. The highest BCUT2D eigenvalue weighted by molar-refractivity contribution is 7.90. The highest BCUT2D eigenvalue weighted by Gasteiger charge is 2.23. The molecule has 2 N–H and O–H groups in total. The number of aryl methyl sites for hydroxylation is 1. The van der Waals surface area contributed by atoms with E-state index in [4.69, 9.17) is 4.74 Å². The van der Waals surface area contributed by atoms with Gasteiger partial charge in [0.05, 0.1) is 17.2 Å². The number of nitrogens with one attached hydrogen (secondary N) is 2. The molecule has 0 radical (unpaired) electrons. The monoisotopic (exact) mass is 381 g/mol. The van der Waals surface area contributed by atoms with E-state index in [-0.39, 0.29) is 16.0 Å². The van der Waals surface area contributed by atoms with Crippen molar-refractivity contribution in [3.05, 3.63) is 45.4 Å². The number of hydrogen-bond acceptors (Lipinski definition) is 6. The lowest BCUT2D eigenvalue weighted by atomic mass is 9.99. The van der Waals surface area contributed by atoms with E-state index in [0.717, 1.165) is 6.26 Å². The van der Waals surface area contributed by atoms with Crippen molar-refractivity contribution in [3.63, 3.8) is 0 Å². The molecule has 142 valence electrons. The summed E-state index contributed by atoms with van der Waals surface area (Å²) in [4.78, 5) is 24.9. The SMILES string of the molecule is CCOCCNc1c(S(C)(=O)=O)ccc(C(=O)c2c[nH]n(C)c2=O)c1C. The first-order valence-corrected chi connectivity index (χ1v) is 10.0. The van der Waals surface area contributed by atoms with Gasteiger partial charge in [0, 0.05) is 38.2 Å². The Kier molecular flexibility index (Phi) is 6.04. The summed E-state index contributed by atoms with van der Waals surface area (Å²) in [7, 11) is -1.98. The predicted octanol–water partition coefficient (Wildman–Crippen LogP) is 1.10. The minimum atomic E-state index is -3.50. The van der Waals surface area contributed by atoms with Crippen molar-refractivity contribution >= 4 is 21.3 Å². The number of ketones is 1. The van der Waals surface area contributed by atoms with Gasteiger partial charge in [0.25, 0.3) is 5.56 Å². The summed E-state index contributed by atoms with van der Waals surface area (Å²) in [5.41, 5.74) is 0.659. The van der Waals surface area contributed by atoms with Crippen LogP contribution in [0.5, 0.6) is 0 Å². The Hall–Kier alpha value is -2.39. The van der Waals surface area contributed by atoms with Crippen LogP contribution in [0.15, 0.2) is 28.0 Å². The van der Waals surface area contributed by atoms with E-state index in [9.17, 15) is 18.0 Å². The summed E-state index contributed by atoms with van der Waals surface area (Å²) in [6, 6.07) is 2.82. The molecule has 0 atom stereocenters. The summed E-state index contributed by atoms with van der Waals surface area (Å²) in [5.74, 6) is -0.461. The summed E-state index contributed by atoms with van der Waals surface area (Å²) >= 11 is 0. The van der Waals surface area contributed by atoms with Gasteiger partial charge in [-0.25, -0.2) is 8.42 Å². The van der Waals surface area contributed by atoms with Gasteiger partial charge in [-0.15, -0.1) is 0 Å². The molecule has 0 saturated heterocycles. The molecule has 0 saturated carbocycles. The number of ether oxygens (including phenoxy) is 1. The topological polar surface area (TPSA) is 110 Å². The van der Waals surface area contributed by atoms with E-state index in [1.807, 2.05) is 6.92 Å². The molecule has 0 fully saturated rings. The molecule has 1 aromatic carbocycles. The van der Waals surface area contributed by atoms with Crippen LogP contribution >= 0.6 is 0 Å². The van der Waals surface area contributed by atoms with Crippen LogP contribution in [0.2, 0.25) is 0 Å². The average molecular weight is 381 g/mol. The molecule has 0 aliphatic heterocycles. The maximum atomic E-state index is 12.8. The minimum Gasteiger partial charge on any atom is -0.381 e. The predicted molar refractivity (Wildman–Crippen MR) is 98.7 cm³/mol. The van der Waals surface area contributed by atoms with Gasteiger partial charge in [0.2, 0.25) is 5.78 Å². The lowest BCUT2D eigenvalue weighted by Gasteiger charge is -2.16. The Balaban J connectivity index is 2.50. The molecule has 8 nitrogen and oxygen atoms in total. The van der Waals surface area contributed by atoms with Crippen molar-refractivity contribution in [1.29, 1.82) is 0 Å². The lowest BCUT2D eigenvalue weighted by molar-refractivity contribution is 0.103. The molecule has 0 unspecified atom stereocenters. The number of sulfone groups is 1. The van der Waals surface area contributed by atoms with E-state index in [1.54, 1.807) is 6.92 Å². The van der Waals surface area contributed by atoms with Gasteiger partial charge < -0.3 is 15.2 Å². The van der Waals surface area contributed by atoms with Crippen LogP contribution in [-0.4, -0.2) is 50.0 Å². The zero-order valence-electron chi connectivity index (χ0n) is 15.3. The van der Waals surface area contributed by atoms with Crippen molar-refractivity contribution in [2.75, 3.05) is 31.3 Å². The van der Waals surface area contributed by atoms with E-state index in [2.05, 4.69) is 10.4 Å². The van der Waals surface area contributed by atoms with Crippen LogP contribution in [0, 0.1) is 6.92 Å². The zero-order chi connectivity index (χ0) is 19.5. The molecule has 1 heterocycles. The number of anilines is 1. The van der Waals surface area contributed by atoms with Crippen LogP contribution < -0.4 is 10.9 Å². The molecule has 0 aliphatic rings. The van der Waals surface area contributed by atoms with Crippen molar-refractivity contribution < 1.29 is 17.9 Å². The molecular weight excluding hydrogens is 358 g/mol. The summed E-state index contributed by atoms with van der Waals surface area (Å²) < 4.78 is 30.6. The van der Waals surface area contributed by atoms with Crippen molar-refractivity contribution in [2.24, 2.45) is 7.05 Å². The highest BCUT2D eigenvalue weighted by Crippen LogP contribution is 2.29. The fourth-order valence-corrected chi connectivity index (χ4v) is 3.54. The quantitative estimate of drug-likeness (QED) is 0.523. The van der Waals surface area contributed by atoms with Crippen molar-refractivity contribution in [2.45, 2.75) is 18.7 Å². The van der Waals surface area contributed by atoms with Crippen molar-refractivity contribution in [1.82, 2.24) is 9.78 Å². The first kappa shape index (κ1) is 19.9. The molecule has 2 rings (SSSR count). The third-order valence-electron chi connectivity index (χ3n) is 4.01. The number of aromatic nitrogens is 2. The number of H-pyrrole nitrogens is 1. The van der Waals surface area contributed by atoms with Gasteiger partial charge >= 0.3 is 0 Å². The number of aromatic amines is 1.